The van der Waals surface area contributed by atoms with Gasteiger partial charge >= 0.3 is 5.97 Å². The minimum Gasteiger partial charge on any atom is -0.496 e. The van der Waals surface area contributed by atoms with Crippen LogP contribution in [0.4, 0.5) is 0 Å². The molecule has 100 valence electrons. The van der Waals surface area contributed by atoms with E-state index in [1.807, 2.05) is 6.92 Å². The Bertz CT molecular complexity index is 462. The zero-order valence-corrected chi connectivity index (χ0v) is 11.2. The number of rotatable bonds is 5. The lowest BCUT2D eigenvalue weighted by Crippen LogP contribution is -2.32. The second-order valence-corrected chi connectivity index (χ2v) is 4.25. The molecule has 0 aromatic heterocycles. The summed E-state index contributed by atoms with van der Waals surface area (Å²) in [5.74, 6) is -0.0762. The summed E-state index contributed by atoms with van der Waals surface area (Å²) >= 11 is 6.19. The maximum Gasteiger partial charge on any atom is 0.320 e. The molecule has 3 N–H and O–H groups in total. The number of ether oxygens (including phenoxy) is 2. The standard InChI is InChI=1S/C12H16ClNO4/c1-6-4-9(17-2)7(5-8(14)12(15)16)10(13)11(6)18-3/h4,8H,5,14H2,1-3H3,(H,15,16). The van der Waals surface area contributed by atoms with Crippen molar-refractivity contribution in [2.24, 2.45) is 5.73 Å². The molecule has 0 bridgehead atoms. The molecule has 0 radical (unpaired) electrons. The first-order valence-corrected chi connectivity index (χ1v) is 5.68. The summed E-state index contributed by atoms with van der Waals surface area (Å²) in [6, 6.07) is 0.707. The highest BCUT2D eigenvalue weighted by atomic mass is 35.5. The maximum atomic E-state index is 10.8. The van der Waals surface area contributed by atoms with Crippen LogP contribution in [-0.4, -0.2) is 31.3 Å². The Morgan fingerprint density at radius 1 is 1.50 bits per heavy atom. The van der Waals surface area contributed by atoms with E-state index < -0.39 is 12.0 Å². The highest BCUT2D eigenvalue weighted by Crippen LogP contribution is 2.38. The van der Waals surface area contributed by atoms with E-state index in [1.165, 1.54) is 14.2 Å². The smallest absolute Gasteiger partial charge is 0.320 e. The fourth-order valence-corrected chi connectivity index (χ4v) is 2.09. The van der Waals surface area contributed by atoms with Crippen LogP contribution >= 0.6 is 11.6 Å². The third kappa shape index (κ3) is 2.86. The normalized spacial score (nSPS) is 12.1. The Labute approximate surface area is 110 Å². The molecule has 0 fully saturated rings. The quantitative estimate of drug-likeness (QED) is 0.852. The number of aliphatic carboxylic acids is 1. The maximum absolute atomic E-state index is 10.8. The number of carboxylic acids is 1. The summed E-state index contributed by atoms with van der Waals surface area (Å²) in [7, 11) is 3.00. The molecule has 1 aromatic carbocycles. The molecule has 1 rings (SSSR count). The molecule has 6 heteroatoms. The molecule has 18 heavy (non-hydrogen) atoms. The zero-order chi connectivity index (χ0) is 13.9. The molecule has 0 aliphatic carbocycles. The number of hydrogen-bond donors (Lipinski definition) is 2. The Kier molecular flexibility index (Phi) is 4.81. The molecule has 0 spiro atoms. The van der Waals surface area contributed by atoms with Gasteiger partial charge in [-0.1, -0.05) is 11.6 Å². The van der Waals surface area contributed by atoms with Gasteiger partial charge in [0.25, 0.3) is 0 Å². The van der Waals surface area contributed by atoms with Crippen molar-refractivity contribution < 1.29 is 19.4 Å². The van der Waals surface area contributed by atoms with Crippen molar-refractivity contribution in [1.29, 1.82) is 0 Å². The van der Waals surface area contributed by atoms with Crippen molar-refractivity contribution in [1.82, 2.24) is 0 Å². The summed E-state index contributed by atoms with van der Waals surface area (Å²) < 4.78 is 10.4. The summed E-state index contributed by atoms with van der Waals surface area (Å²) in [5, 5.41) is 9.18. The molecular weight excluding hydrogens is 258 g/mol. The van der Waals surface area contributed by atoms with E-state index in [2.05, 4.69) is 0 Å². The minimum atomic E-state index is -1.09. The highest BCUT2D eigenvalue weighted by molar-refractivity contribution is 6.33. The molecule has 0 aliphatic rings. The SMILES string of the molecule is COc1cc(C)c(OC)c(Cl)c1CC(N)C(=O)O. The van der Waals surface area contributed by atoms with E-state index in [9.17, 15) is 4.79 Å². The van der Waals surface area contributed by atoms with Crippen molar-refractivity contribution in [2.75, 3.05) is 14.2 Å². The van der Waals surface area contributed by atoms with E-state index in [-0.39, 0.29) is 6.42 Å². The molecule has 0 saturated heterocycles. The number of nitrogens with two attached hydrogens (primary N) is 1. The van der Waals surface area contributed by atoms with Gasteiger partial charge in [-0.15, -0.1) is 0 Å². The van der Waals surface area contributed by atoms with Crippen molar-refractivity contribution in [2.45, 2.75) is 19.4 Å². The van der Waals surface area contributed by atoms with Gasteiger partial charge < -0.3 is 20.3 Å². The Morgan fingerprint density at radius 2 is 2.11 bits per heavy atom. The number of benzene rings is 1. The fourth-order valence-electron chi connectivity index (χ4n) is 1.70. The van der Waals surface area contributed by atoms with E-state index in [0.29, 0.717) is 22.1 Å². The van der Waals surface area contributed by atoms with Crippen LogP contribution < -0.4 is 15.2 Å². The first kappa shape index (κ1) is 14.6. The van der Waals surface area contributed by atoms with Gasteiger partial charge in [0, 0.05) is 12.0 Å². The van der Waals surface area contributed by atoms with Crippen LogP contribution in [0.5, 0.6) is 11.5 Å². The molecule has 5 nitrogen and oxygen atoms in total. The van der Waals surface area contributed by atoms with Gasteiger partial charge in [-0.3, -0.25) is 4.79 Å². The predicted molar refractivity (Wildman–Crippen MR) is 68.6 cm³/mol. The van der Waals surface area contributed by atoms with Crippen molar-refractivity contribution >= 4 is 17.6 Å². The largest absolute Gasteiger partial charge is 0.496 e. The molecular formula is C12H16ClNO4. The van der Waals surface area contributed by atoms with Crippen LogP contribution in [0, 0.1) is 6.92 Å². The Balaban J connectivity index is 3.27. The van der Waals surface area contributed by atoms with E-state index in [1.54, 1.807) is 6.07 Å². The number of aryl methyl sites for hydroxylation is 1. The van der Waals surface area contributed by atoms with Gasteiger partial charge in [-0.05, 0) is 18.6 Å². The summed E-state index contributed by atoms with van der Waals surface area (Å²) in [4.78, 5) is 10.8. The average Bonchev–Trinajstić information content (AvgIpc) is 2.32. The van der Waals surface area contributed by atoms with Crippen LogP contribution in [0.3, 0.4) is 0 Å². The Hall–Kier alpha value is -1.46. The van der Waals surface area contributed by atoms with Gasteiger partial charge in [-0.2, -0.15) is 0 Å². The zero-order valence-electron chi connectivity index (χ0n) is 10.5. The summed E-state index contributed by atoms with van der Waals surface area (Å²) in [5.41, 5.74) is 6.87. The third-order valence-corrected chi connectivity index (χ3v) is 3.03. The number of methoxy groups -OCH3 is 2. The van der Waals surface area contributed by atoms with Gasteiger partial charge in [0.15, 0.2) is 0 Å². The van der Waals surface area contributed by atoms with Crippen LogP contribution in [-0.2, 0) is 11.2 Å². The molecule has 0 aliphatic heterocycles. The lowest BCUT2D eigenvalue weighted by Gasteiger charge is -2.17. The first-order valence-electron chi connectivity index (χ1n) is 5.30. The van der Waals surface area contributed by atoms with E-state index in [0.717, 1.165) is 5.56 Å². The molecule has 0 amide bonds. The van der Waals surface area contributed by atoms with Crippen LogP contribution in [0.15, 0.2) is 6.07 Å². The number of carboxylic acid groups (broad SMARTS) is 1. The lowest BCUT2D eigenvalue weighted by molar-refractivity contribution is -0.138. The fraction of sp³-hybridized carbons (Fsp3) is 0.417. The van der Waals surface area contributed by atoms with Gasteiger partial charge in [0.05, 0.1) is 19.2 Å². The Morgan fingerprint density at radius 3 is 2.56 bits per heavy atom. The second kappa shape index (κ2) is 5.93. The van der Waals surface area contributed by atoms with Gasteiger partial charge in [0.2, 0.25) is 0 Å². The third-order valence-electron chi connectivity index (χ3n) is 2.63. The summed E-state index contributed by atoms with van der Waals surface area (Å²) in [6.07, 6.45) is 0.0774. The van der Waals surface area contributed by atoms with Gasteiger partial charge in [-0.25, -0.2) is 0 Å². The monoisotopic (exact) mass is 273 g/mol. The van der Waals surface area contributed by atoms with Crippen LogP contribution in [0.25, 0.3) is 0 Å². The number of halogens is 1. The van der Waals surface area contributed by atoms with E-state index >= 15 is 0 Å². The van der Waals surface area contributed by atoms with Crippen LogP contribution in [0.1, 0.15) is 11.1 Å². The molecule has 1 unspecified atom stereocenters. The highest BCUT2D eigenvalue weighted by Gasteiger charge is 2.21. The number of hydrogen-bond acceptors (Lipinski definition) is 4. The molecule has 1 aromatic rings. The van der Waals surface area contributed by atoms with E-state index in [4.69, 9.17) is 31.9 Å². The first-order chi connectivity index (χ1) is 8.42. The average molecular weight is 274 g/mol. The van der Waals surface area contributed by atoms with Crippen molar-refractivity contribution in [3.8, 4) is 11.5 Å². The predicted octanol–water partition coefficient (Wildman–Crippen LogP) is 1.62. The molecule has 0 saturated carbocycles. The van der Waals surface area contributed by atoms with Gasteiger partial charge in [0.1, 0.15) is 17.5 Å². The lowest BCUT2D eigenvalue weighted by atomic mass is 10.0. The van der Waals surface area contributed by atoms with Crippen molar-refractivity contribution in [3.63, 3.8) is 0 Å². The minimum absolute atomic E-state index is 0.0774. The van der Waals surface area contributed by atoms with Crippen LogP contribution in [0.2, 0.25) is 5.02 Å². The number of carbonyl (C=O) groups is 1. The molecule has 1 atom stereocenters. The topological polar surface area (TPSA) is 81.8 Å². The second-order valence-electron chi connectivity index (χ2n) is 3.87. The summed E-state index contributed by atoms with van der Waals surface area (Å²) in [6.45, 7) is 1.83. The van der Waals surface area contributed by atoms with Crippen molar-refractivity contribution in [3.05, 3.63) is 22.2 Å². The molecule has 0 heterocycles.